The number of carbonyl (C=O) groups is 1. The molecule has 0 saturated carbocycles. The summed E-state index contributed by atoms with van der Waals surface area (Å²) < 4.78 is 25.2. The Morgan fingerprint density at radius 2 is 1.80 bits per heavy atom. The van der Waals surface area contributed by atoms with Gasteiger partial charge in [0.15, 0.2) is 0 Å². The Bertz CT molecular complexity index is 1190. The molecule has 2 aliphatic heterocycles. The van der Waals surface area contributed by atoms with Gasteiger partial charge in [-0.3, -0.25) is 9.69 Å². The number of ether oxygens (including phenoxy) is 2. The summed E-state index contributed by atoms with van der Waals surface area (Å²) in [5, 5.41) is 0.676. The van der Waals surface area contributed by atoms with E-state index in [1.165, 1.54) is 31.4 Å². The molecule has 2 aliphatic rings. The lowest BCUT2D eigenvalue weighted by Crippen LogP contribution is -2.33. The van der Waals surface area contributed by atoms with Crippen LogP contribution in [0, 0.1) is 5.82 Å². The Hall–Kier alpha value is -2.89. The molecular weight excluding hydrogens is 465 g/mol. The van der Waals surface area contributed by atoms with Crippen LogP contribution in [0.4, 0.5) is 4.39 Å². The molecule has 0 spiro atoms. The van der Waals surface area contributed by atoms with Crippen molar-refractivity contribution in [2.75, 3.05) is 26.2 Å². The number of hydrogen-bond acceptors (Lipinski definition) is 4. The number of carbonyl (C=O) groups excluding carboxylic acids is 1. The van der Waals surface area contributed by atoms with Gasteiger partial charge in [0.1, 0.15) is 23.9 Å². The maximum absolute atomic E-state index is 13.7. The van der Waals surface area contributed by atoms with Crippen molar-refractivity contribution in [3.63, 3.8) is 0 Å². The lowest BCUT2D eigenvalue weighted by atomic mass is 9.84. The smallest absolute Gasteiger partial charge is 0.311 e. The van der Waals surface area contributed by atoms with Gasteiger partial charge in [0.25, 0.3) is 0 Å². The first-order valence-electron chi connectivity index (χ1n) is 12.3. The van der Waals surface area contributed by atoms with E-state index in [1.54, 1.807) is 6.07 Å². The molecule has 182 valence electrons. The predicted molar refractivity (Wildman–Crippen MR) is 136 cm³/mol. The summed E-state index contributed by atoms with van der Waals surface area (Å²) in [6.45, 7) is 3.86. The lowest BCUT2D eigenvalue weighted by molar-refractivity contribution is -0.135. The van der Waals surface area contributed by atoms with Crippen LogP contribution in [-0.4, -0.2) is 37.1 Å². The molecule has 3 aromatic carbocycles. The molecule has 1 unspecified atom stereocenters. The first kappa shape index (κ1) is 23.8. The molecule has 1 fully saturated rings. The molecule has 5 rings (SSSR count). The summed E-state index contributed by atoms with van der Waals surface area (Å²) in [6.07, 6.45) is 4.73. The van der Waals surface area contributed by atoms with Crippen LogP contribution in [-0.2, 0) is 11.2 Å². The highest BCUT2D eigenvalue weighted by Gasteiger charge is 2.28. The van der Waals surface area contributed by atoms with Gasteiger partial charge >= 0.3 is 5.97 Å². The molecule has 1 saturated heterocycles. The number of nitrogens with zero attached hydrogens (tertiary/aromatic N) is 1. The average molecular weight is 494 g/mol. The average Bonchev–Trinajstić information content (AvgIpc) is 2.85. The van der Waals surface area contributed by atoms with Crippen molar-refractivity contribution in [3.8, 4) is 22.6 Å². The first-order chi connectivity index (χ1) is 17.0. The predicted octanol–water partition coefficient (Wildman–Crippen LogP) is 6.65. The van der Waals surface area contributed by atoms with Gasteiger partial charge in [0.05, 0.1) is 6.42 Å². The van der Waals surface area contributed by atoms with Gasteiger partial charge < -0.3 is 9.47 Å². The molecule has 0 N–H and O–H groups in total. The van der Waals surface area contributed by atoms with E-state index in [-0.39, 0.29) is 18.3 Å². The second kappa shape index (κ2) is 10.8. The van der Waals surface area contributed by atoms with Gasteiger partial charge in [-0.15, -0.1) is 0 Å². The summed E-state index contributed by atoms with van der Waals surface area (Å²) in [5.74, 6) is 0.297. The monoisotopic (exact) mass is 493 g/mol. The quantitative estimate of drug-likeness (QED) is 0.273. The second-order valence-electron chi connectivity index (χ2n) is 9.34. The fourth-order valence-electron chi connectivity index (χ4n) is 5.05. The third kappa shape index (κ3) is 5.85. The molecular formula is C29H29ClFNO3. The summed E-state index contributed by atoms with van der Waals surface area (Å²) in [5.41, 5.74) is 4.02. The van der Waals surface area contributed by atoms with Gasteiger partial charge in [-0.1, -0.05) is 42.3 Å². The van der Waals surface area contributed by atoms with E-state index in [1.807, 2.05) is 30.3 Å². The Labute approximate surface area is 210 Å². The summed E-state index contributed by atoms with van der Waals surface area (Å²) in [7, 11) is 0. The number of hydrogen-bond donors (Lipinski definition) is 0. The van der Waals surface area contributed by atoms with Crippen LogP contribution in [0.25, 0.3) is 11.1 Å². The third-order valence-electron chi connectivity index (χ3n) is 6.88. The first-order valence-corrected chi connectivity index (χ1v) is 12.7. The number of likely N-dealkylation sites (tertiary alicyclic amines) is 1. The van der Waals surface area contributed by atoms with Crippen LogP contribution in [0.1, 0.15) is 42.7 Å². The van der Waals surface area contributed by atoms with Gasteiger partial charge in [-0.2, -0.15) is 0 Å². The van der Waals surface area contributed by atoms with E-state index in [9.17, 15) is 9.18 Å². The number of esters is 1. The van der Waals surface area contributed by atoms with Crippen molar-refractivity contribution in [2.24, 2.45) is 0 Å². The zero-order valence-corrected chi connectivity index (χ0v) is 20.4. The maximum Gasteiger partial charge on any atom is 0.311 e. The van der Waals surface area contributed by atoms with Gasteiger partial charge in [-0.25, -0.2) is 4.39 Å². The Kier molecular flexibility index (Phi) is 7.35. The highest BCUT2D eigenvalue weighted by atomic mass is 35.5. The Morgan fingerprint density at radius 3 is 2.60 bits per heavy atom. The zero-order chi connectivity index (χ0) is 24.2. The fraction of sp³-hybridized carbons (Fsp3) is 0.345. The van der Waals surface area contributed by atoms with E-state index in [0.29, 0.717) is 23.8 Å². The fourth-order valence-corrected chi connectivity index (χ4v) is 5.18. The highest BCUT2D eigenvalue weighted by Crippen LogP contribution is 2.39. The second-order valence-corrected chi connectivity index (χ2v) is 9.77. The summed E-state index contributed by atoms with van der Waals surface area (Å²) in [4.78, 5) is 14.7. The topological polar surface area (TPSA) is 38.8 Å². The van der Waals surface area contributed by atoms with Gasteiger partial charge in [0, 0.05) is 23.6 Å². The molecule has 0 amide bonds. The molecule has 0 radical (unpaired) electrons. The van der Waals surface area contributed by atoms with Gasteiger partial charge in [0.2, 0.25) is 0 Å². The summed E-state index contributed by atoms with van der Waals surface area (Å²) in [6, 6.07) is 18.3. The number of piperidine rings is 1. The van der Waals surface area contributed by atoms with Crippen LogP contribution in [0.15, 0.2) is 60.7 Å². The van der Waals surface area contributed by atoms with Crippen LogP contribution in [0.5, 0.6) is 11.5 Å². The van der Waals surface area contributed by atoms with E-state index in [2.05, 4.69) is 17.0 Å². The highest BCUT2D eigenvalue weighted by molar-refractivity contribution is 6.30. The van der Waals surface area contributed by atoms with E-state index in [4.69, 9.17) is 21.1 Å². The van der Waals surface area contributed by atoms with Crippen molar-refractivity contribution in [2.45, 2.75) is 38.0 Å². The lowest BCUT2D eigenvalue weighted by Gasteiger charge is -2.26. The van der Waals surface area contributed by atoms with Gasteiger partial charge in [-0.05, 0) is 84.9 Å². The third-order valence-corrected chi connectivity index (χ3v) is 7.13. The number of rotatable bonds is 7. The molecule has 4 nitrogen and oxygen atoms in total. The van der Waals surface area contributed by atoms with E-state index in [0.717, 1.165) is 47.6 Å². The van der Waals surface area contributed by atoms with Crippen LogP contribution in [0.3, 0.4) is 0 Å². The van der Waals surface area contributed by atoms with E-state index >= 15 is 0 Å². The minimum atomic E-state index is -0.412. The van der Waals surface area contributed by atoms with Crippen molar-refractivity contribution in [1.29, 1.82) is 0 Å². The van der Waals surface area contributed by atoms with Crippen LogP contribution in [0.2, 0.25) is 5.02 Å². The number of benzene rings is 3. The number of halogens is 2. The normalized spacial score (nSPS) is 18.1. The van der Waals surface area contributed by atoms with Crippen molar-refractivity contribution in [3.05, 3.63) is 82.6 Å². The molecule has 35 heavy (non-hydrogen) atoms. The molecule has 6 heteroatoms. The molecule has 1 atom stereocenters. The summed E-state index contributed by atoms with van der Waals surface area (Å²) >= 11 is 6.14. The SMILES string of the molecule is O=C1CC(Cc2ccc(OCCN3CCCCC3)cc2-c2ccc(Cl)cc2)c2ccc(F)cc2O1. The Balaban J connectivity index is 1.39. The molecule has 2 heterocycles. The minimum Gasteiger partial charge on any atom is -0.492 e. The zero-order valence-electron chi connectivity index (χ0n) is 19.6. The standard InChI is InChI=1S/C29H29ClFNO3/c30-23-7-4-20(5-8-23)27-19-25(34-15-14-32-12-2-1-3-13-32)10-6-21(27)16-22-17-29(33)35-28-18-24(31)9-11-26(22)28/h4-11,18-19,22H,1-3,12-17H2. The molecule has 0 aliphatic carbocycles. The van der Waals surface area contributed by atoms with Crippen molar-refractivity contribution in [1.82, 2.24) is 4.90 Å². The van der Waals surface area contributed by atoms with Crippen molar-refractivity contribution < 1.29 is 18.7 Å². The van der Waals surface area contributed by atoms with E-state index < -0.39 is 5.82 Å². The minimum absolute atomic E-state index is 0.0937. The molecule has 0 bridgehead atoms. The van der Waals surface area contributed by atoms with Crippen LogP contribution < -0.4 is 9.47 Å². The number of fused-ring (bicyclic) bond motifs is 1. The van der Waals surface area contributed by atoms with Crippen LogP contribution >= 0.6 is 11.6 Å². The largest absolute Gasteiger partial charge is 0.492 e. The molecule has 0 aromatic heterocycles. The Morgan fingerprint density at radius 1 is 1.00 bits per heavy atom. The molecule has 3 aromatic rings. The van der Waals surface area contributed by atoms with Crippen molar-refractivity contribution >= 4 is 17.6 Å². The maximum atomic E-state index is 13.7.